The van der Waals surface area contributed by atoms with Crippen molar-refractivity contribution >= 4 is 32.7 Å². The van der Waals surface area contributed by atoms with Crippen molar-refractivity contribution in [3.05, 3.63) is 44.7 Å². The molecule has 2 rings (SSSR count). The number of fused-ring (bicyclic) bond motifs is 1. The fraction of sp³-hybridized carbons (Fsp3) is 0.286. The molecule has 0 spiro atoms. The second kappa shape index (κ2) is 5.57. The van der Waals surface area contributed by atoms with E-state index in [-0.39, 0.29) is 17.5 Å². The van der Waals surface area contributed by atoms with Crippen LogP contribution in [0.5, 0.6) is 0 Å². The lowest BCUT2D eigenvalue weighted by molar-refractivity contribution is 0.0941. The van der Waals surface area contributed by atoms with E-state index >= 15 is 0 Å². The summed E-state index contributed by atoms with van der Waals surface area (Å²) in [6.07, 6.45) is 0.844. The molecule has 1 amide bonds. The first-order valence-electron chi connectivity index (χ1n) is 6.14. The molecule has 2 aromatic rings. The van der Waals surface area contributed by atoms with Crippen LogP contribution in [0.25, 0.3) is 10.9 Å². The third-order valence-electron chi connectivity index (χ3n) is 3.04. The molecule has 0 saturated carbocycles. The van der Waals surface area contributed by atoms with Gasteiger partial charge < -0.3 is 10.3 Å². The number of nitrogens with one attached hydrogen (secondary N) is 2. The van der Waals surface area contributed by atoms with Gasteiger partial charge in [0.15, 0.2) is 0 Å². The fourth-order valence-corrected chi connectivity index (χ4v) is 2.18. The van der Waals surface area contributed by atoms with E-state index in [9.17, 15) is 9.59 Å². The second-order valence-corrected chi connectivity index (χ2v) is 5.44. The number of hydrogen-bond donors (Lipinski definition) is 2. The summed E-state index contributed by atoms with van der Waals surface area (Å²) in [5, 5.41) is 3.61. The third-order valence-corrected chi connectivity index (χ3v) is 3.53. The fourth-order valence-electron chi connectivity index (χ4n) is 1.82. The van der Waals surface area contributed by atoms with E-state index in [1.54, 1.807) is 6.07 Å². The zero-order chi connectivity index (χ0) is 14.0. The number of pyridine rings is 1. The Kier molecular flexibility index (Phi) is 4.04. The maximum atomic E-state index is 12.2. The van der Waals surface area contributed by atoms with E-state index in [1.165, 1.54) is 6.07 Å². The van der Waals surface area contributed by atoms with Gasteiger partial charge in [0.1, 0.15) is 0 Å². The topological polar surface area (TPSA) is 62.0 Å². The van der Waals surface area contributed by atoms with Crippen LogP contribution >= 0.6 is 15.9 Å². The molecule has 0 saturated heterocycles. The van der Waals surface area contributed by atoms with Crippen LogP contribution in [0.15, 0.2) is 33.5 Å². The highest BCUT2D eigenvalue weighted by Gasteiger charge is 2.13. The van der Waals surface area contributed by atoms with E-state index in [4.69, 9.17) is 0 Å². The Morgan fingerprint density at radius 1 is 1.42 bits per heavy atom. The first-order chi connectivity index (χ1) is 9.01. The number of amides is 1. The van der Waals surface area contributed by atoms with Crippen LogP contribution in [0, 0.1) is 0 Å². The molecule has 0 aliphatic rings. The van der Waals surface area contributed by atoms with E-state index in [0.29, 0.717) is 11.1 Å². The molecule has 1 aromatic carbocycles. The van der Waals surface area contributed by atoms with E-state index in [1.807, 2.05) is 26.0 Å². The van der Waals surface area contributed by atoms with Crippen molar-refractivity contribution < 1.29 is 4.79 Å². The molecular weight excluding hydrogens is 308 g/mol. The van der Waals surface area contributed by atoms with Gasteiger partial charge in [0.2, 0.25) is 5.56 Å². The first kappa shape index (κ1) is 13.8. The molecule has 0 unspecified atom stereocenters. The molecule has 100 valence electrons. The van der Waals surface area contributed by atoms with Crippen LogP contribution in [0.1, 0.15) is 30.6 Å². The van der Waals surface area contributed by atoms with Gasteiger partial charge in [-0.3, -0.25) is 9.59 Å². The number of hydrogen-bond acceptors (Lipinski definition) is 2. The van der Waals surface area contributed by atoms with E-state index < -0.39 is 0 Å². The van der Waals surface area contributed by atoms with Gasteiger partial charge in [0.05, 0.1) is 5.56 Å². The Morgan fingerprint density at radius 2 is 2.16 bits per heavy atom. The summed E-state index contributed by atoms with van der Waals surface area (Å²) in [4.78, 5) is 26.5. The van der Waals surface area contributed by atoms with Gasteiger partial charge in [-0.15, -0.1) is 0 Å². The molecule has 1 heterocycles. The number of carbonyl (C=O) groups excluding carboxylic acids is 1. The Morgan fingerprint density at radius 3 is 2.84 bits per heavy atom. The minimum atomic E-state index is -0.274. The van der Waals surface area contributed by atoms with Gasteiger partial charge in [-0.1, -0.05) is 22.9 Å². The lowest BCUT2D eigenvalue weighted by atomic mass is 10.1. The zero-order valence-corrected chi connectivity index (χ0v) is 12.4. The summed E-state index contributed by atoms with van der Waals surface area (Å²) >= 11 is 3.38. The minimum Gasteiger partial charge on any atom is -0.350 e. The zero-order valence-electron chi connectivity index (χ0n) is 10.8. The van der Waals surface area contributed by atoms with Gasteiger partial charge in [-0.25, -0.2) is 0 Å². The number of rotatable bonds is 3. The molecule has 0 fully saturated rings. The molecule has 19 heavy (non-hydrogen) atoms. The van der Waals surface area contributed by atoms with Crippen LogP contribution in [0.4, 0.5) is 0 Å². The van der Waals surface area contributed by atoms with Gasteiger partial charge in [0, 0.05) is 27.5 Å². The van der Waals surface area contributed by atoms with Crippen molar-refractivity contribution in [3.63, 3.8) is 0 Å². The van der Waals surface area contributed by atoms with Gasteiger partial charge >= 0.3 is 0 Å². The van der Waals surface area contributed by atoms with Crippen molar-refractivity contribution in [3.8, 4) is 0 Å². The van der Waals surface area contributed by atoms with Crippen molar-refractivity contribution in [1.82, 2.24) is 10.3 Å². The Bertz CT molecular complexity index is 679. The Labute approximate surface area is 119 Å². The largest absolute Gasteiger partial charge is 0.350 e. The minimum absolute atomic E-state index is 0.0778. The predicted molar refractivity (Wildman–Crippen MR) is 79.5 cm³/mol. The molecule has 0 bridgehead atoms. The summed E-state index contributed by atoms with van der Waals surface area (Å²) < 4.78 is 0.865. The summed E-state index contributed by atoms with van der Waals surface area (Å²) in [6.45, 7) is 3.93. The number of halogens is 1. The molecule has 0 aliphatic carbocycles. The smallest absolute Gasteiger partial charge is 0.252 e. The average molecular weight is 323 g/mol. The predicted octanol–water partition coefficient (Wildman–Crippen LogP) is 2.82. The highest BCUT2D eigenvalue weighted by molar-refractivity contribution is 9.10. The van der Waals surface area contributed by atoms with Gasteiger partial charge in [-0.05, 0) is 31.5 Å². The normalized spacial score (nSPS) is 12.4. The molecular formula is C14H15BrN2O2. The van der Waals surface area contributed by atoms with Crippen LogP contribution in [0.3, 0.4) is 0 Å². The van der Waals surface area contributed by atoms with Crippen molar-refractivity contribution in [2.75, 3.05) is 0 Å². The van der Waals surface area contributed by atoms with E-state index in [2.05, 4.69) is 26.2 Å². The molecule has 0 radical (unpaired) electrons. The maximum Gasteiger partial charge on any atom is 0.252 e. The van der Waals surface area contributed by atoms with Crippen molar-refractivity contribution in [1.29, 1.82) is 0 Å². The molecule has 0 aliphatic heterocycles. The number of carbonyl (C=O) groups is 1. The number of benzene rings is 1. The van der Waals surface area contributed by atoms with Crippen LogP contribution in [0.2, 0.25) is 0 Å². The van der Waals surface area contributed by atoms with Crippen LogP contribution < -0.4 is 10.9 Å². The number of aromatic nitrogens is 1. The molecule has 2 N–H and O–H groups in total. The summed E-state index contributed by atoms with van der Waals surface area (Å²) in [7, 11) is 0. The number of H-pyrrole nitrogens is 1. The third kappa shape index (κ3) is 3.04. The molecule has 1 atom stereocenters. The quantitative estimate of drug-likeness (QED) is 0.912. The summed E-state index contributed by atoms with van der Waals surface area (Å²) in [5.74, 6) is -0.219. The highest BCUT2D eigenvalue weighted by atomic mass is 79.9. The van der Waals surface area contributed by atoms with Crippen molar-refractivity contribution in [2.24, 2.45) is 0 Å². The molecule has 1 aromatic heterocycles. The van der Waals surface area contributed by atoms with Gasteiger partial charge in [0.25, 0.3) is 5.91 Å². The maximum absolute atomic E-state index is 12.2. The lowest BCUT2D eigenvalue weighted by Gasteiger charge is -2.12. The second-order valence-electron chi connectivity index (χ2n) is 4.52. The van der Waals surface area contributed by atoms with E-state index in [0.717, 1.165) is 16.3 Å². The SMILES string of the molecule is CC[C@H](C)NC(=O)c1cc(=O)[nH]c2ccc(Br)cc12. The first-order valence-corrected chi connectivity index (χ1v) is 6.94. The van der Waals surface area contributed by atoms with Crippen LogP contribution in [-0.4, -0.2) is 16.9 Å². The molecule has 4 nitrogen and oxygen atoms in total. The Hall–Kier alpha value is -1.62. The summed E-state index contributed by atoms with van der Waals surface area (Å²) in [6, 6.07) is 6.85. The monoisotopic (exact) mass is 322 g/mol. The van der Waals surface area contributed by atoms with Crippen LogP contribution in [-0.2, 0) is 0 Å². The average Bonchev–Trinajstić information content (AvgIpc) is 2.38. The summed E-state index contributed by atoms with van der Waals surface area (Å²) in [5.41, 5.74) is 0.787. The Balaban J connectivity index is 2.55. The van der Waals surface area contributed by atoms with Gasteiger partial charge in [-0.2, -0.15) is 0 Å². The molecule has 5 heteroatoms. The highest BCUT2D eigenvalue weighted by Crippen LogP contribution is 2.20. The van der Waals surface area contributed by atoms with Crippen molar-refractivity contribution in [2.45, 2.75) is 26.3 Å². The number of aromatic amines is 1. The standard InChI is InChI=1S/C14H15BrN2O2/c1-3-8(2)16-14(19)11-7-13(18)17-12-5-4-9(15)6-10(11)12/h4-8H,3H2,1-2H3,(H,16,19)(H,17,18)/t8-/m0/s1. The lowest BCUT2D eigenvalue weighted by Crippen LogP contribution is -2.32.